The van der Waals surface area contributed by atoms with Crippen molar-refractivity contribution >= 4 is 23.3 Å². The minimum absolute atomic E-state index is 0.0712. The second kappa shape index (κ2) is 7.11. The maximum Gasteiger partial charge on any atom is 0.211 e. The first-order valence-electron chi connectivity index (χ1n) is 7.93. The van der Waals surface area contributed by atoms with Crippen molar-refractivity contribution in [2.24, 2.45) is 21.7 Å². The summed E-state index contributed by atoms with van der Waals surface area (Å²) in [6, 6.07) is 7.59. The van der Waals surface area contributed by atoms with Crippen LogP contribution in [0.15, 0.2) is 40.7 Å². The number of hydrogen-bond donors (Lipinski definition) is 2. The smallest absolute Gasteiger partial charge is 0.211 e. The molecule has 1 aromatic carbocycles. The highest BCUT2D eigenvalue weighted by atomic mass is 35.5. The fraction of sp³-hybridized carbons (Fsp3) is 0.278. The van der Waals surface area contributed by atoms with E-state index in [1.54, 1.807) is 7.11 Å². The summed E-state index contributed by atoms with van der Waals surface area (Å²) >= 11 is 6.20. The van der Waals surface area contributed by atoms with Crippen LogP contribution in [0.25, 0.3) is 0 Å². The van der Waals surface area contributed by atoms with Crippen LogP contribution in [0, 0.1) is 6.92 Å². The first kappa shape index (κ1) is 17.2. The molecule has 4 N–H and O–H groups in total. The molecule has 1 aromatic heterocycles. The molecule has 0 spiro atoms. The number of pyridine rings is 1. The second-order valence-corrected chi connectivity index (χ2v) is 6.45. The molecule has 0 fully saturated rings. The van der Waals surface area contributed by atoms with Crippen molar-refractivity contribution in [3.8, 4) is 5.75 Å². The van der Waals surface area contributed by atoms with Crippen molar-refractivity contribution in [2.45, 2.75) is 25.7 Å². The van der Waals surface area contributed by atoms with Crippen LogP contribution in [0.5, 0.6) is 5.75 Å². The van der Waals surface area contributed by atoms with Gasteiger partial charge in [-0.1, -0.05) is 11.6 Å². The summed E-state index contributed by atoms with van der Waals surface area (Å²) in [5.74, 6) is 0.855. The predicted molar refractivity (Wildman–Crippen MR) is 100 cm³/mol. The summed E-state index contributed by atoms with van der Waals surface area (Å²) in [5, 5.41) is 8.80. The number of aryl methyl sites for hydroxylation is 1. The number of rotatable bonds is 3. The molecule has 7 heteroatoms. The lowest BCUT2D eigenvalue weighted by Gasteiger charge is -2.27. The predicted octanol–water partition coefficient (Wildman–Crippen LogP) is 2.76. The van der Waals surface area contributed by atoms with E-state index in [2.05, 4.69) is 15.2 Å². The summed E-state index contributed by atoms with van der Waals surface area (Å²) in [6.07, 6.45) is 3.26. The maximum absolute atomic E-state index is 6.20. The van der Waals surface area contributed by atoms with Gasteiger partial charge in [0.15, 0.2) is 0 Å². The minimum atomic E-state index is -0.0712. The zero-order valence-electron chi connectivity index (χ0n) is 14.2. The molecule has 1 heterocycles. The molecule has 1 atom stereocenters. The highest BCUT2D eigenvalue weighted by Crippen LogP contribution is 2.38. The fourth-order valence-electron chi connectivity index (χ4n) is 3.26. The second-order valence-electron chi connectivity index (χ2n) is 6.01. The third-order valence-corrected chi connectivity index (χ3v) is 4.56. The number of nitrogens with zero attached hydrogens (tertiary/aromatic N) is 3. The molecule has 1 aliphatic carbocycles. The minimum Gasteiger partial charge on any atom is -0.496 e. The lowest BCUT2D eigenvalue weighted by molar-refractivity contribution is 0.405. The van der Waals surface area contributed by atoms with E-state index >= 15 is 0 Å². The molecule has 0 aliphatic heterocycles. The van der Waals surface area contributed by atoms with Gasteiger partial charge in [-0.25, -0.2) is 0 Å². The Morgan fingerprint density at radius 3 is 2.80 bits per heavy atom. The Morgan fingerprint density at radius 2 is 2.08 bits per heavy atom. The quantitative estimate of drug-likeness (QED) is 0.501. The van der Waals surface area contributed by atoms with E-state index in [-0.39, 0.29) is 11.9 Å². The summed E-state index contributed by atoms with van der Waals surface area (Å²) in [5.41, 5.74) is 15.8. The number of benzene rings is 1. The molecule has 3 rings (SSSR count). The van der Waals surface area contributed by atoms with Crippen LogP contribution in [0.1, 0.15) is 34.7 Å². The van der Waals surface area contributed by atoms with Crippen LogP contribution in [0.2, 0.25) is 5.02 Å². The molecule has 1 unspecified atom stereocenters. The van der Waals surface area contributed by atoms with Gasteiger partial charge in [0.25, 0.3) is 0 Å². The molecule has 25 heavy (non-hydrogen) atoms. The standard InChI is InChI=1S/C18H20ClN5O/c1-10-5-6-22-14-7-11(8-15(17(10)14)23-24-18(20)21)13-9-12(19)3-4-16(13)25-2/h3-6,9,11H,7-8H2,1-2H3,(H4,20,21,24)/b23-15-. The van der Waals surface area contributed by atoms with E-state index in [9.17, 15) is 0 Å². The van der Waals surface area contributed by atoms with Crippen LogP contribution in [0.3, 0.4) is 0 Å². The van der Waals surface area contributed by atoms with Gasteiger partial charge in [-0.15, -0.1) is 5.10 Å². The summed E-state index contributed by atoms with van der Waals surface area (Å²) < 4.78 is 5.51. The number of nitrogens with two attached hydrogens (primary N) is 2. The Hall–Kier alpha value is -2.60. The van der Waals surface area contributed by atoms with Crippen molar-refractivity contribution in [3.63, 3.8) is 0 Å². The monoisotopic (exact) mass is 357 g/mol. The maximum atomic E-state index is 6.20. The molecule has 130 valence electrons. The Bertz CT molecular complexity index is 859. The van der Waals surface area contributed by atoms with Gasteiger partial charge in [-0.3, -0.25) is 4.98 Å². The van der Waals surface area contributed by atoms with Crippen molar-refractivity contribution < 1.29 is 4.74 Å². The van der Waals surface area contributed by atoms with Crippen LogP contribution in [0.4, 0.5) is 0 Å². The Morgan fingerprint density at radius 1 is 1.28 bits per heavy atom. The van der Waals surface area contributed by atoms with Crippen molar-refractivity contribution in [3.05, 3.63) is 57.9 Å². The zero-order valence-corrected chi connectivity index (χ0v) is 14.9. The number of halogens is 1. The molecular weight excluding hydrogens is 338 g/mol. The molecule has 0 bridgehead atoms. The van der Waals surface area contributed by atoms with E-state index in [1.807, 2.05) is 37.4 Å². The number of fused-ring (bicyclic) bond motifs is 1. The van der Waals surface area contributed by atoms with E-state index < -0.39 is 0 Å². The molecule has 0 amide bonds. The van der Waals surface area contributed by atoms with Gasteiger partial charge in [0.2, 0.25) is 5.96 Å². The fourth-order valence-corrected chi connectivity index (χ4v) is 3.44. The summed E-state index contributed by atoms with van der Waals surface area (Å²) in [7, 11) is 1.65. The zero-order chi connectivity index (χ0) is 18.0. The number of aromatic nitrogens is 1. The van der Waals surface area contributed by atoms with E-state index in [4.69, 9.17) is 27.8 Å². The van der Waals surface area contributed by atoms with Gasteiger partial charge in [-0.05, 0) is 61.1 Å². The number of hydrogen-bond acceptors (Lipinski definition) is 4. The van der Waals surface area contributed by atoms with Gasteiger partial charge in [0, 0.05) is 16.8 Å². The lowest BCUT2D eigenvalue weighted by Crippen LogP contribution is -2.24. The van der Waals surface area contributed by atoms with E-state index in [0.717, 1.165) is 40.3 Å². The summed E-state index contributed by atoms with van der Waals surface area (Å²) in [6.45, 7) is 2.03. The highest BCUT2D eigenvalue weighted by molar-refractivity contribution is 6.30. The van der Waals surface area contributed by atoms with Gasteiger partial charge < -0.3 is 16.2 Å². The molecule has 2 aromatic rings. The number of guanidine groups is 1. The van der Waals surface area contributed by atoms with Crippen LogP contribution in [-0.2, 0) is 6.42 Å². The van der Waals surface area contributed by atoms with E-state index in [0.29, 0.717) is 11.4 Å². The normalized spacial score (nSPS) is 17.9. The molecule has 0 radical (unpaired) electrons. The first-order valence-corrected chi connectivity index (χ1v) is 8.31. The Kier molecular flexibility index (Phi) is 4.90. The van der Waals surface area contributed by atoms with Crippen LogP contribution < -0.4 is 16.2 Å². The third kappa shape index (κ3) is 3.58. The Balaban J connectivity index is 2.10. The molecular formula is C18H20ClN5O. The number of methoxy groups -OCH3 is 1. The molecule has 0 saturated carbocycles. The topological polar surface area (TPSA) is 98.9 Å². The van der Waals surface area contributed by atoms with Gasteiger partial charge in [0.05, 0.1) is 18.5 Å². The SMILES string of the molecule is COc1ccc(Cl)cc1C1C/C(=N/N=C(N)N)c2c(C)ccnc2C1. The Labute approximate surface area is 151 Å². The first-order chi connectivity index (χ1) is 12.0. The molecule has 6 nitrogen and oxygen atoms in total. The highest BCUT2D eigenvalue weighted by Gasteiger charge is 2.29. The third-order valence-electron chi connectivity index (χ3n) is 4.32. The number of ether oxygens (including phenoxy) is 1. The van der Waals surface area contributed by atoms with Crippen LogP contribution in [-0.4, -0.2) is 23.8 Å². The van der Waals surface area contributed by atoms with Crippen molar-refractivity contribution in [1.29, 1.82) is 0 Å². The summed E-state index contributed by atoms with van der Waals surface area (Å²) in [4.78, 5) is 4.55. The largest absolute Gasteiger partial charge is 0.496 e. The average molecular weight is 358 g/mol. The molecule has 1 aliphatic rings. The lowest BCUT2D eigenvalue weighted by atomic mass is 9.79. The van der Waals surface area contributed by atoms with Gasteiger partial charge in [-0.2, -0.15) is 5.10 Å². The van der Waals surface area contributed by atoms with Crippen molar-refractivity contribution in [1.82, 2.24) is 4.98 Å². The van der Waals surface area contributed by atoms with Crippen LogP contribution >= 0.6 is 11.6 Å². The van der Waals surface area contributed by atoms with Crippen molar-refractivity contribution in [2.75, 3.05) is 7.11 Å². The van der Waals surface area contributed by atoms with Gasteiger partial charge in [0.1, 0.15) is 5.75 Å². The van der Waals surface area contributed by atoms with Gasteiger partial charge >= 0.3 is 0 Å². The van der Waals surface area contributed by atoms with E-state index in [1.165, 1.54) is 0 Å². The average Bonchev–Trinajstić information content (AvgIpc) is 2.59. The molecule has 0 saturated heterocycles.